The van der Waals surface area contributed by atoms with Gasteiger partial charge in [0.1, 0.15) is 18.3 Å². The minimum atomic E-state index is -1.17. The molecule has 33 heavy (non-hydrogen) atoms. The van der Waals surface area contributed by atoms with Gasteiger partial charge in [0.05, 0.1) is 17.2 Å². The van der Waals surface area contributed by atoms with Gasteiger partial charge in [-0.3, -0.25) is 4.57 Å². The predicted octanol–water partition coefficient (Wildman–Crippen LogP) is 2.32. The molecule has 176 valence electrons. The molecular weight excluding hydrogens is 489 g/mol. The highest BCUT2D eigenvalue weighted by molar-refractivity contribution is 7.99. The van der Waals surface area contributed by atoms with Gasteiger partial charge in [-0.05, 0) is 36.6 Å². The number of alkyl halides is 1. The number of hydrogen-bond donors (Lipinski definition) is 3. The molecule has 2 aliphatic heterocycles. The van der Waals surface area contributed by atoms with Crippen molar-refractivity contribution in [3.63, 3.8) is 0 Å². The monoisotopic (exact) mass is 511 g/mol. The first kappa shape index (κ1) is 23.0. The molecule has 5 rings (SSSR count). The summed E-state index contributed by atoms with van der Waals surface area (Å²) in [6.45, 7) is 1.64. The first-order valence-corrected chi connectivity index (χ1v) is 12.4. The fourth-order valence-electron chi connectivity index (χ4n) is 4.06. The normalized spacial score (nSPS) is 26.8. The van der Waals surface area contributed by atoms with Gasteiger partial charge in [0.25, 0.3) is 0 Å². The molecule has 0 aromatic carbocycles. The van der Waals surface area contributed by atoms with Crippen molar-refractivity contribution in [1.82, 2.24) is 29.5 Å². The van der Waals surface area contributed by atoms with Crippen molar-refractivity contribution in [2.24, 2.45) is 0 Å². The van der Waals surface area contributed by atoms with Crippen LogP contribution in [0.3, 0.4) is 0 Å². The van der Waals surface area contributed by atoms with Crippen molar-refractivity contribution < 1.29 is 14.9 Å². The Morgan fingerprint density at radius 1 is 1.15 bits per heavy atom. The Balaban J connectivity index is 1.30. The minimum absolute atomic E-state index is 0.0364. The van der Waals surface area contributed by atoms with E-state index < -0.39 is 24.5 Å². The molecular formula is C20H23Cl2N7O3S. The fourth-order valence-corrected chi connectivity index (χ4v) is 5.55. The quantitative estimate of drug-likeness (QED) is 0.335. The number of aliphatic hydroxyl groups is 2. The highest BCUT2D eigenvalue weighted by atomic mass is 35.5. The van der Waals surface area contributed by atoms with Gasteiger partial charge in [0, 0.05) is 24.5 Å². The van der Waals surface area contributed by atoms with E-state index in [1.54, 1.807) is 16.3 Å². The fraction of sp³-hybridized carbons (Fsp3) is 0.500. The Hall–Kier alpha value is -1.73. The van der Waals surface area contributed by atoms with Crippen LogP contribution in [-0.4, -0.2) is 82.3 Å². The molecule has 2 fully saturated rings. The van der Waals surface area contributed by atoms with Crippen LogP contribution >= 0.6 is 35.0 Å². The molecule has 2 aliphatic rings. The Kier molecular flexibility index (Phi) is 6.89. The Morgan fingerprint density at radius 3 is 2.67 bits per heavy atom. The van der Waals surface area contributed by atoms with E-state index in [9.17, 15) is 10.2 Å². The van der Waals surface area contributed by atoms with Crippen LogP contribution < -0.4 is 5.43 Å². The van der Waals surface area contributed by atoms with Crippen LogP contribution in [0.15, 0.2) is 35.7 Å². The van der Waals surface area contributed by atoms with Gasteiger partial charge < -0.3 is 20.4 Å². The molecule has 0 saturated carbocycles. The molecule has 2 saturated heterocycles. The van der Waals surface area contributed by atoms with Gasteiger partial charge in [-0.25, -0.2) is 15.0 Å². The summed E-state index contributed by atoms with van der Waals surface area (Å²) in [6, 6.07) is 5.95. The number of aliphatic hydroxyl groups excluding tert-OH is 2. The molecule has 13 heteroatoms. The van der Waals surface area contributed by atoms with Crippen LogP contribution in [0.5, 0.6) is 0 Å². The molecule has 5 heterocycles. The third kappa shape index (κ3) is 4.76. The smallest absolute Gasteiger partial charge is 0.226 e. The second-order valence-electron chi connectivity index (χ2n) is 7.95. The zero-order chi connectivity index (χ0) is 22.9. The van der Waals surface area contributed by atoms with E-state index in [2.05, 4.69) is 30.4 Å². The highest BCUT2D eigenvalue weighted by Crippen LogP contribution is 2.34. The number of nitrogens with zero attached hydrogens (tertiary/aromatic N) is 6. The number of anilines is 1. The molecule has 0 spiro atoms. The summed E-state index contributed by atoms with van der Waals surface area (Å²) in [5.41, 5.74) is 4.20. The van der Waals surface area contributed by atoms with Crippen molar-refractivity contribution >= 4 is 51.9 Å². The number of hydrazine groups is 1. The number of rotatable bonds is 6. The summed E-state index contributed by atoms with van der Waals surface area (Å²) in [5.74, 6) is 0.528. The molecule has 3 aromatic rings. The molecule has 0 bridgehead atoms. The van der Waals surface area contributed by atoms with Crippen molar-refractivity contribution in [3.05, 3.63) is 36.0 Å². The number of halogens is 2. The van der Waals surface area contributed by atoms with Crippen molar-refractivity contribution in [1.29, 1.82) is 0 Å². The number of thioether (sulfide) groups is 1. The molecule has 0 amide bonds. The first-order valence-electron chi connectivity index (χ1n) is 10.6. The zero-order valence-corrected chi connectivity index (χ0v) is 19.8. The molecule has 0 aliphatic carbocycles. The molecule has 0 radical (unpaired) electrons. The zero-order valence-electron chi connectivity index (χ0n) is 17.5. The van der Waals surface area contributed by atoms with Gasteiger partial charge in [0.15, 0.2) is 23.2 Å². The number of nitrogens with one attached hydrogen (secondary N) is 1. The Labute approximate surface area is 204 Å². The lowest BCUT2D eigenvalue weighted by atomic mass is 10.1. The van der Waals surface area contributed by atoms with E-state index in [-0.39, 0.29) is 11.2 Å². The number of ether oxygens (including phenoxy) is 1. The summed E-state index contributed by atoms with van der Waals surface area (Å²) in [6.07, 6.45) is 1.44. The molecule has 3 aromatic heterocycles. The summed E-state index contributed by atoms with van der Waals surface area (Å²) in [5, 5.41) is 24.2. The van der Waals surface area contributed by atoms with Crippen molar-refractivity contribution in [2.45, 2.75) is 47.7 Å². The summed E-state index contributed by atoms with van der Waals surface area (Å²) < 4.78 is 7.27. The maximum atomic E-state index is 10.4. The van der Waals surface area contributed by atoms with Crippen LogP contribution in [0.2, 0.25) is 5.28 Å². The van der Waals surface area contributed by atoms with Gasteiger partial charge in [-0.1, -0.05) is 6.07 Å². The molecule has 0 unspecified atom stereocenters. The van der Waals surface area contributed by atoms with Crippen molar-refractivity contribution in [3.8, 4) is 0 Å². The van der Waals surface area contributed by atoms with Gasteiger partial charge in [-0.2, -0.15) is 9.97 Å². The van der Waals surface area contributed by atoms with E-state index in [1.807, 2.05) is 24.4 Å². The number of pyridine rings is 1. The molecule has 10 nitrogen and oxygen atoms in total. The summed E-state index contributed by atoms with van der Waals surface area (Å²) in [4.78, 5) is 17.4. The van der Waals surface area contributed by atoms with Crippen LogP contribution in [0, 0.1) is 0 Å². The first-order chi connectivity index (χ1) is 16.0. The Bertz CT molecular complexity index is 1100. The summed E-state index contributed by atoms with van der Waals surface area (Å²) in [7, 11) is 0. The van der Waals surface area contributed by atoms with Gasteiger partial charge in [0.2, 0.25) is 5.28 Å². The number of piperidine rings is 1. The lowest BCUT2D eigenvalue weighted by molar-refractivity contribution is -0.0291. The standard InChI is InChI=1S/C20H23Cl2N7O3S/c21-9-12-15(30)16(31)19(32-12)29-10-24-14-17(25-20(22)26-18(14)29)27-28-7-4-11(5-8-28)33-13-3-1-2-6-23-13/h1-3,6,10-12,15-16,19,30-31H,4-5,7-9H2,(H,25,26,27)/t12-,15-,16-,19-/m1/s1. The Morgan fingerprint density at radius 2 is 1.97 bits per heavy atom. The van der Waals surface area contributed by atoms with E-state index in [0.29, 0.717) is 22.2 Å². The maximum absolute atomic E-state index is 10.4. The van der Waals surface area contributed by atoms with Crippen LogP contribution in [-0.2, 0) is 4.74 Å². The number of imidazole rings is 1. The van der Waals surface area contributed by atoms with Crippen LogP contribution in [0.4, 0.5) is 5.82 Å². The second-order valence-corrected chi connectivity index (χ2v) is 9.92. The predicted molar refractivity (Wildman–Crippen MR) is 125 cm³/mol. The van der Waals surface area contributed by atoms with E-state index >= 15 is 0 Å². The van der Waals surface area contributed by atoms with Gasteiger partial charge >= 0.3 is 0 Å². The van der Waals surface area contributed by atoms with E-state index in [4.69, 9.17) is 27.9 Å². The third-order valence-corrected chi connectivity index (χ3v) is 7.55. The average molecular weight is 512 g/mol. The van der Waals surface area contributed by atoms with E-state index in [0.717, 1.165) is 31.0 Å². The lowest BCUT2D eigenvalue weighted by Crippen LogP contribution is -2.39. The SMILES string of the molecule is O[C@@H]1[C@H](O)[C@@H](CCl)O[C@H]1n1cnc2c(NN3CCC(Sc4ccccn4)CC3)nc(Cl)nc21. The maximum Gasteiger partial charge on any atom is 0.226 e. The largest absolute Gasteiger partial charge is 0.387 e. The van der Waals surface area contributed by atoms with Crippen LogP contribution in [0.1, 0.15) is 19.1 Å². The molecule has 3 N–H and O–H groups in total. The second kappa shape index (κ2) is 9.87. The molecule has 4 atom stereocenters. The summed E-state index contributed by atoms with van der Waals surface area (Å²) >= 11 is 13.8. The average Bonchev–Trinajstić information content (AvgIpc) is 3.36. The van der Waals surface area contributed by atoms with Crippen LogP contribution in [0.25, 0.3) is 11.2 Å². The number of fused-ring (bicyclic) bond motifs is 1. The van der Waals surface area contributed by atoms with Gasteiger partial charge in [-0.15, -0.1) is 23.4 Å². The highest BCUT2D eigenvalue weighted by Gasteiger charge is 2.44. The number of aromatic nitrogens is 5. The minimum Gasteiger partial charge on any atom is -0.387 e. The number of hydrogen-bond acceptors (Lipinski definition) is 10. The third-order valence-electron chi connectivity index (χ3n) is 5.79. The van der Waals surface area contributed by atoms with Crippen molar-refractivity contribution in [2.75, 3.05) is 24.4 Å². The topological polar surface area (TPSA) is 121 Å². The lowest BCUT2D eigenvalue weighted by Gasteiger charge is -2.31. The van der Waals surface area contributed by atoms with E-state index in [1.165, 1.54) is 6.33 Å².